The van der Waals surface area contributed by atoms with Gasteiger partial charge in [-0.25, -0.2) is 0 Å². The normalized spacial score (nSPS) is 22.9. The van der Waals surface area contributed by atoms with Gasteiger partial charge in [0.15, 0.2) is 5.82 Å². The van der Waals surface area contributed by atoms with E-state index in [9.17, 15) is 0 Å². The Labute approximate surface area is 154 Å². The Morgan fingerprint density at radius 2 is 1.69 bits per heavy atom. The third kappa shape index (κ3) is 3.09. The number of tetrazole rings is 1. The van der Waals surface area contributed by atoms with Gasteiger partial charge in [0.05, 0.1) is 11.2 Å². The van der Waals surface area contributed by atoms with Crippen molar-refractivity contribution in [1.29, 1.82) is 0 Å². The molecule has 0 bridgehead atoms. The molecule has 4 rings (SSSR count). The standard InChI is InChI=1S/C21H25N5/c1-16-12-14-21(15-13-16,22-19-11-7-6-8-17(19)2)20-23-24-25-26(20)18-9-4-3-5-10-18/h3-11,16,22H,12-15H2,1-2H3. The number of aromatic nitrogens is 4. The summed E-state index contributed by atoms with van der Waals surface area (Å²) in [6, 6.07) is 18.6. The summed E-state index contributed by atoms with van der Waals surface area (Å²) >= 11 is 0. The molecule has 1 heterocycles. The lowest BCUT2D eigenvalue weighted by atomic mass is 9.76. The van der Waals surface area contributed by atoms with Gasteiger partial charge in [-0.05, 0) is 72.7 Å². The molecule has 1 aliphatic carbocycles. The molecule has 0 atom stereocenters. The van der Waals surface area contributed by atoms with E-state index in [2.05, 4.69) is 59.0 Å². The number of benzene rings is 2. The quantitative estimate of drug-likeness (QED) is 0.755. The molecule has 1 aliphatic rings. The van der Waals surface area contributed by atoms with Crippen LogP contribution in [0.3, 0.4) is 0 Å². The van der Waals surface area contributed by atoms with Gasteiger partial charge in [0.2, 0.25) is 0 Å². The van der Waals surface area contributed by atoms with E-state index in [0.717, 1.165) is 36.0 Å². The third-order valence-corrected chi connectivity index (χ3v) is 5.55. The van der Waals surface area contributed by atoms with E-state index < -0.39 is 0 Å². The molecule has 134 valence electrons. The highest BCUT2D eigenvalue weighted by Crippen LogP contribution is 2.42. The van der Waals surface area contributed by atoms with Crippen molar-refractivity contribution in [2.75, 3.05) is 5.32 Å². The van der Waals surface area contributed by atoms with Gasteiger partial charge in [-0.3, -0.25) is 0 Å². The van der Waals surface area contributed by atoms with Crippen LogP contribution >= 0.6 is 0 Å². The number of anilines is 1. The van der Waals surface area contributed by atoms with Crippen LogP contribution in [-0.2, 0) is 5.54 Å². The first-order valence-electron chi connectivity index (χ1n) is 9.36. The number of nitrogens with one attached hydrogen (secondary N) is 1. The number of para-hydroxylation sites is 2. The Balaban J connectivity index is 1.78. The Bertz CT molecular complexity index is 863. The summed E-state index contributed by atoms with van der Waals surface area (Å²) in [7, 11) is 0. The zero-order chi connectivity index (χ0) is 18.0. The highest BCUT2D eigenvalue weighted by Gasteiger charge is 2.41. The SMILES string of the molecule is Cc1ccccc1NC1(c2nnnn2-c2ccccc2)CCC(C)CC1. The molecule has 2 aromatic carbocycles. The van der Waals surface area contributed by atoms with E-state index in [4.69, 9.17) is 0 Å². The number of hydrogen-bond acceptors (Lipinski definition) is 4. The lowest BCUT2D eigenvalue weighted by molar-refractivity contribution is 0.255. The van der Waals surface area contributed by atoms with Gasteiger partial charge in [0.1, 0.15) is 0 Å². The van der Waals surface area contributed by atoms with Crippen LogP contribution in [0.4, 0.5) is 5.69 Å². The zero-order valence-electron chi connectivity index (χ0n) is 15.4. The summed E-state index contributed by atoms with van der Waals surface area (Å²) in [6.07, 6.45) is 4.38. The lowest BCUT2D eigenvalue weighted by Gasteiger charge is -2.40. The Morgan fingerprint density at radius 1 is 1.00 bits per heavy atom. The number of nitrogens with zero attached hydrogens (tertiary/aromatic N) is 4. The third-order valence-electron chi connectivity index (χ3n) is 5.55. The summed E-state index contributed by atoms with van der Waals surface area (Å²) in [5, 5.41) is 16.6. The first-order valence-corrected chi connectivity index (χ1v) is 9.36. The fourth-order valence-corrected chi connectivity index (χ4v) is 3.86. The molecular formula is C21H25N5. The Morgan fingerprint density at radius 3 is 2.42 bits per heavy atom. The number of aryl methyl sites for hydroxylation is 1. The van der Waals surface area contributed by atoms with Crippen LogP contribution in [0, 0.1) is 12.8 Å². The summed E-state index contributed by atoms with van der Waals surface area (Å²) in [5.74, 6) is 1.64. The van der Waals surface area contributed by atoms with Crippen molar-refractivity contribution in [2.45, 2.75) is 45.1 Å². The summed E-state index contributed by atoms with van der Waals surface area (Å²) < 4.78 is 1.89. The molecule has 0 unspecified atom stereocenters. The van der Waals surface area contributed by atoms with Gasteiger partial charge in [0, 0.05) is 5.69 Å². The van der Waals surface area contributed by atoms with Gasteiger partial charge in [0.25, 0.3) is 0 Å². The van der Waals surface area contributed by atoms with Crippen molar-refractivity contribution in [3.05, 3.63) is 66.0 Å². The lowest BCUT2D eigenvalue weighted by Crippen LogP contribution is -2.41. The topological polar surface area (TPSA) is 55.6 Å². The molecule has 5 heteroatoms. The largest absolute Gasteiger partial charge is 0.372 e. The summed E-state index contributed by atoms with van der Waals surface area (Å²) in [6.45, 7) is 4.47. The van der Waals surface area contributed by atoms with Gasteiger partial charge in [-0.1, -0.05) is 43.3 Å². The minimum absolute atomic E-state index is 0.252. The first-order chi connectivity index (χ1) is 12.7. The van der Waals surface area contributed by atoms with E-state index in [1.54, 1.807) is 0 Å². The van der Waals surface area contributed by atoms with E-state index in [0.29, 0.717) is 0 Å². The molecule has 0 saturated heterocycles. The van der Waals surface area contributed by atoms with Gasteiger partial charge >= 0.3 is 0 Å². The second-order valence-electron chi connectivity index (χ2n) is 7.45. The zero-order valence-corrected chi connectivity index (χ0v) is 15.4. The van der Waals surface area contributed by atoms with Crippen molar-refractivity contribution in [2.24, 2.45) is 5.92 Å². The molecule has 1 aromatic heterocycles. The maximum atomic E-state index is 4.48. The predicted molar refractivity (Wildman–Crippen MR) is 103 cm³/mol. The molecule has 1 N–H and O–H groups in total. The predicted octanol–water partition coefficient (Wildman–Crippen LogP) is 4.49. The van der Waals surface area contributed by atoms with Crippen molar-refractivity contribution in [1.82, 2.24) is 20.2 Å². The molecule has 26 heavy (non-hydrogen) atoms. The number of hydrogen-bond donors (Lipinski definition) is 1. The smallest absolute Gasteiger partial charge is 0.181 e. The molecule has 0 amide bonds. The molecule has 0 radical (unpaired) electrons. The van der Waals surface area contributed by atoms with Crippen LogP contribution in [0.2, 0.25) is 0 Å². The highest BCUT2D eigenvalue weighted by molar-refractivity contribution is 5.53. The van der Waals surface area contributed by atoms with E-state index in [-0.39, 0.29) is 5.54 Å². The van der Waals surface area contributed by atoms with Crippen molar-refractivity contribution < 1.29 is 0 Å². The van der Waals surface area contributed by atoms with Crippen molar-refractivity contribution in [3.8, 4) is 5.69 Å². The molecular weight excluding hydrogens is 322 g/mol. The second-order valence-corrected chi connectivity index (χ2v) is 7.45. The summed E-state index contributed by atoms with van der Waals surface area (Å²) in [4.78, 5) is 0. The summed E-state index contributed by atoms with van der Waals surface area (Å²) in [5.41, 5.74) is 3.14. The molecule has 5 nitrogen and oxygen atoms in total. The van der Waals surface area contributed by atoms with E-state index in [1.165, 1.54) is 18.4 Å². The van der Waals surface area contributed by atoms with Gasteiger partial charge < -0.3 is 5.32 Å². The van der Waals surface area contributed by atoms with Crippen molar-refractivity contribution >= 4 is 5.69 Å². The van der Waals surface area contributed by atoms with Crippen LogP contribution in [0.25, 0.3) is 5.69 Å². The van der Waals surface area contributed by atoms with Crippen LogP contribution in [-0.4, -0.2) is 20.2 Å². The molecule has 1 fully saturated rings. The monoisotopic (exact) mass is 347 g/mol. The van der Waals surface area contributed by atoms with E-state index in [1.807, 2.05) is 35.0 Å². The minimum Gasteiger partial charge on any atom is -0.372 e. The average Bonchev–Trinajstić information content (AvgIpc) is 3.17. The number of rotatable bonds is 4. The maximum absolute atomic E-state index is 4.48. The van der Waals surface area contributed by atoms with E-state index >= 15 is 0 Å². The molecule has 0 aliphatic heterocycles. The fourth-order valence-electron chi connectivity index (χ4n) is 3.86. The Hall–Kier alpha value is -2.69. The average molecular weight is 347 g/mol. The first kappa shape index (κ1) is 16.8. The minimum atomic E-state index is -0.252. The Kier molecular flexibility index (Phi) is 4.45. The second kappa shape index (κ2) is 6.90. The van der Waals surface area contributed by atoms with Crippen LogP contribution in [0.1, 0.15) is 44.0 Å². The molecule has 1 saturated carbocycles. The van der Waals surface area contributed by atoms with Crippen LogP contribution in [0.15, 0.2) is 54.6 Å². The maximum Gasteiger partial charge on any atom is 0.181 e. The fraction of sp³-hybridized carbons (Fsp3) is 0.381. The highest BCUT2D eigenvalue weighted by atomic mass is 15.6. The van der Waals surface area contributed by atoms with Gasteiger partial charge in [-0.15, -0.1) is 5.10 Å². The van der Waals surface area contributed by atoms with Gasteiger partial charge in [-0.2, -0.15) is 4.68 Å². The molecule has 0 spiro atoms. The van der Waals surface area contributed by atoms with Crippen LogP contribution < -0.4 is 5.32 Å². The van der Waals surface area contributed by atoms with Crippen molar-refractivity contribution in [3.63, 3.8) is 0 Å². The molecule has 3 aromatic rings. The van der Waals surface area contributed by atoms with Crippen LogP contribution in [0.5, 0.6) is 0 Å².